The highest BCUT2D eigenvalue weighted by atomic mass is 16.3. The standard InChI is InChI=1S/C12H18O/c1-10(2)4-5-11-6-8-12(3,13)9-7-11/h4-6,8,11,13H,1,7,9H2,2-3H3/t11-,12?/m1/s1. The monoisotopic (exact) mass is 178 g/mol. The van der Waals surface area contributed by atoms with E-state index in [1.807, 2.05) is 26.0 Å². The summed E-state index contributed by atoms with van der Waals surface area (Å²) in [4.78, 5) is 0. The van der Waals surface area contributed by atoms with Crippen LogP contribution in [0.1, 0.15) is 26.7 Å². The second-order valence-electron chi connectivity index (χ2n) is 4.12. The van der Waals surface area contributed by atoms with Crippen LogP contribution in [0, 0.1) is 5.92 Å². The van der Waals surface area contributed by atoms with Gasteiger partial charge in [-0.05, 0) is 32.6 Å². The zero-order valence-corrected chi connectivity index (χ0v) is 8.46. The number of allylic oxidation sites excluding steroid dienone is 4. The van der Waals surface area contributed by atoms with Crippen molar-refractivity contribution in [2.75, 3.05) is 0 Å². The Hall–Kier alpha value is -0.820. The van der Waals surface area contributed by atoms with E-state index in [4.69, 9.17) is 0 Å². The zero-order chi connectivity index (χ0) is 9.90. The van der Waals surface area contributed by atoms with Crippen LogP contribution in [0.25, 0.3) is 0 Å². The smallest absolute Gasteiger partial charge is 0.0800 e. The average molecular weight is 178 g/mol. The number of rotatable bonds is 2. The quantitative estimate of drug-likeness (QED) is 0.509. The Morgan fingerprint density at radius 1 is 1.69 bits per heavy atom. The molecule has 0 bridgehead atoms. The highest BCUT2D eigenvalue weighted by molar-refractivity contribution is 5.17. The van der Waals surface area contributed by atoms with Crippen LogP contribution in [-0.2, 0) is 0 Å². The Kier molecular flexibility index (Phi) is 3.10. The molecule has 1 unspecified atom stereocenters. The molecule has 0 fully saturated rings. The van der Waals surface area contributed by atoms with Crippen molar-refractivity contribution in [3.8, 4) is 0 Å². The van der Waals surface area contributed by atoms with Crippen LogP contribution in [0.3, 0.4) is 0 Å². The molecule has 1 nitrogen and oxygen atoms in total. The molecular weight excluding hydrogens is 160 g/mol. The molecule has 2 atom stereocenters. The van der Waals surface area contributed by atoms with Gasteiger partial charge in [0.05, 0.1) is 5.60 Å². The molecular formula is C12H18O. The molecule has 1 aliphatic carbocycles. The first-order valence-electron chi connectivity index (χ1n) is 4.75. The van der Waals surface area contributed by atoms with Crippen molar-refractivity contribution >= 4 is 0 Å². The van der Waals surface area contributed by atoms with Crippen LogP contribution in [0.15, 0.2) is 36.5 Å². The summed E-state index contributed by atoms with van der Waals surface area (Å²) in [5, 5.41) is 9.64. The van der Waals surface area contributed by atoms with Gasteiger partial charge in [0.15, 0.2) is 0 Å². The SMILES string of the molecule is C=C(C)C=C[C@@H]1C=CC(C)(O)CC1. The minimum absolute atomic E-state index is 0.469. The van der Waals surface area contributed by atoms with Crippen LogP contribution in [0.2, 0.25) is 0 Å². The maximum Gasteiger partial charge on any atom is 0.0800 e. The molecule has 0 spiro atoms. The predicted octanol–water partition coefficient (Wildman–Crippen LogP) is 2.84. The molecule has 0 aromatic rings. The summed E-state index contributed by atoms with van der Waals surface area (Å²) < 4.78 is 0. The first-order chi connectivity index (χ1) is 5.99. The predicted molar refractivity (Wildman–Crippen MR) is 56.4 cm³/mol. The van der Waals surface area contributed by atoms with E-state index < -0.39 is 5.60 Å². The van der Waals surface area contributed by atoms with Crippen molar-refractivity contribution in [2.24, 2.45) is 5.92 Å². The van der Waals surface area contributed by atoms with Crippen LogP contribution in [0.5, 0.6) is 0 Å². The first kappa shape index (κ1) is 10.3. The van der Waals surface area contributed by atoms with Crippen LogP contribution < -0.4 is 0 Å². The van der Waals surface area contributed by atoms with Crippen molar-refractivity contribution in [1.29, 1.82) is 0 Å². The van der Waals surface area contributed by atoms with E-state index in [0.717, 1.165) is 18.4 Å². The molecule has 1 heteroatoms. The fourth-order valence-electron chi connectivity index (χ4n) is 1.42. The summed E-state index contributed by atoms with van der Waals surface area (Å²) in [5.74, 6) is 0.469. The largest absolute Gasteiger partial charge is 0.386 e. The minimum Gasteiger partial charge on any atom is -0.386 e. The molecule has 13 heavy (non-hydrogen) atoms. The highest BCUT2D eigenvalue weighted by Crippen LogP contribution is 2.26. The Labute approximate surface area is 80.5 Å². The molecule has 1 rings (SSSR count). The van der Waals surface area contributed by atoms with Crippen molar-refractivity contribution in [1.82, 2.24) is 0 Å². The number of hydrogen-bond acceptors (Lipinski definition) is 1. The summed E-state index contributed by atoms with van der Waals surface area (Å²) in [6, 6.07) is 0. The van der Waals surface area contributed by atoms with Gasteiger partial charge < -0.3 is 5.11 Å². The summed E-state index contributed by atoms with van der Waals surface area (Å²) >= 11 is 0. The lowest BCUT2D eigenvalue weighted by atomic mass is 9.86. The molecule has 1 N–H and O–H groups in total. The molecule has 1 aliphatic rings. The molecule has 0 radical (unpaired) electrons. The summed E-state index contributed by atoms with van der Waals surface area (Å²) in [7, 11) is 0. The summed E-state index contributed by atoms with van der Waals surface area (Å²) in [6.45, 7) is 7.64. The number of hydrogen-bond donors (Lipinski definition) is 1. The topological polar surface area (TPSA) is 20.2 Å². The number of aliphatic hydroxyl groups is 1. The first-order valence-corrected chi connectivity index (χ1v) is 4.75. The second-order valence-corrected chi connectivity index (χ2v) is 4.12. The van der Waals surface area contributed by atoms with Crippen molar-refractivity contribution in [3.63, 3.8) is 0 Å². The third-order valence-corrected chi connectivity index (χ3v) is 2.31. The Balaban J connectivity index is 2.54. The minimum atomic E-state index is -0.590. The van der Waals surface area contributed by atoms with Gasteiger partial charge in [-0.15, -0.1) is 0 Å². The Morgan fingerprint density at radius 2 is 2.38 bits per heavy atom. The van der Waals surface area contributed by atoms with E-state index in [0.29, 0.717) is 5.92 Å². The van der Waals surface area contributed by atoms with E-state index >= 15 is 0 Å². The van der Waals surface area contributed by atoms with E-state index in [2.05, 4.69) is 18.7 Å². The van der Waals surface area contributed by atoms with Gasteiger partial charge in [0.2, 0.25) is 0 Å². The summed E-state index contributed by atoms with van der Waals surface area (Å²) in [6.07, 6.45) is 10.0. The van der Waals surface area contributed by atoms with Gasteiger partial charge in [0.1, 0.15) is 0 Å². The third kappa shape index (κ3) is 3.60. The van der Waals surface area contributed by atoms with Crippen LogP contribution >= 0.6 is 0 Å². The lowest BCUT2D eigenvalue weighted by Crippen LogP contribution is -2.24. The van der Waals surface area contributed by atoms with E-state index in [1.165, 1.54) is 0 Å². The summed E-state index contributed by atoms with van der Waals surface area (Å²) in [5.41, 5.74) is 0.485. The molecule has 0 aromatic heterocycles. The Bertz CT molecular complexity index is 246. The van der Waals surface area contributed by atoms with E-state index in [9.17, 15) is 5.11 Å². The molecule has 0 saturated heterocycles. The van der Waals surface area contributed by atoms with Crippen LogP contribution in [-0.4, -0.2) is 10.7 Å². The second kappa shape index (κ2) is 3.93. The van der Waals surface area contributed by atoms with Gasteiger partial charge in [0.25, 0.3) is 0 Å². The lowest BCUT2D eigenvalue weighted by Gasteiger charge is -2.25. The third-order valence-electron chi connectivity index (χ3n) is 2.31. The zero-order valence-electron chi connectivity index (χ0n) is 8.46. The molecule has 72 valence electrons. The van der Waals surface area contributed by atoms with Crippen molar-refractivity contribution in [2.45, 2.75) is 32.3 Å². The normalized spacial score (nSPS) is 33.9. The molecule has 0 aliphatic heterocycles. The van der Waals surface area contributed by atoms with Gasteiger partial charge in [-0.3, -0.25) is 0 Å². The van der Waals surface area contributed by atoms with Gasteiger partial charge in [0, 0.05) is 0 Å². The van der Waals surface area contributed by atoms with Gasteiger partial charge in [-0.2, -0.15) is 0 Å². The van der Waals surface area contributed by atoms with E-state index in [1.54, 1.807) is 0 Å². The van der Waals surface area contributed by atoms with E-state index in [-0.39, 0.29) is 0 Å². The van der Waals surface area contributed by atoms with Crippen molar-refractivity contribution in [3.05, 3.63) is 36.5 Å². The lowest BCUT2D eigenvalue weighted by molar-refractivity contribution is 0.0909. The molecule has 0 heterocycles. The van der Waals surface area contributed by atoms with Gasteiger partial charge >= 0.3 is 0 Å². The molecule has 0 amide bonds. The van der Waals surface area contributed by atoms with Gasteiger partial charge in [-0.25, -0.2) is 0 Å². The van der Waals surface area contributed by atoms with Crippen LogP contribution in [0.4, 0.5) is 0 Å². The average Bonchev–Trinajstić information content (AvgIpc) is 2.02. The van der Waals surface area contributed by atoms with Crippen molar-refractivity contribution < 1.29 is 5.11 Å². The Morgan fingerprint density at radius 3 is 2.85 bits per heavy atom. The maximum atomic E-state index is 9.64. The molecule has 0 saturated carbocycles. The molecule has 0 aromatic carbocycles. The highest BCUT2D eigenvalue weighted by Gasteiger charge is 2.21. The maximum absolute atomic E-state index is 9.64. The van der Waals surface area contributed by atoms with Gasteiger partial charge in [-0.1, -0.05) is 36.5 Å². The fraction of sp³-hybridized carbons (Fsp3) is 0.500. The fourth-order valence-corrected chi connectivity index (χ4v) is 1.42.